The van der Waals surface area contributed by atoms with E-state index in [0.717, 1.165) is 57.8 Å². The lowest BCUT2D eigenvalue weighted by Gasteiger charge is -2.46. The van der Waals surface area contributed by atoms with Crippen LogP contribution in [0.2, 0.25) is 18.1 Å². The molecule has 4 rings (SSSR count). The highest BCUT2D eigenvalue weighted by Crippen LogP contribution is 2.52. The molecule has 1 aliphatic rings. The molecule has 1 aromatic heterocycles. The molecule has 0 spiro atoms. The zero-order valence-electron chi connectivity index (χ0n) is 26.3. The lowest BCUT2D eigenvalue weighted by Crippen LogP contribution is -2.48. The van der Waals surface area contributed by atoms with Crippen LogP contribution in [0.25, 0.3) is 22.3 Å². The third-order valence-corrected chi connectivity index (χ3v) is 13.5. The van der Waals surface area contributed by atoms with E-state index in [1.54, 1.807) is 14.2 Å². The summed E-state index contributed by atoms with van der Waals surface area (Å²) < 4.78 is 36.5. The molecule has 6 nitrogen and oxygen atoms in total. The summed E-state index contributed by atoms with van der Waals surface area (Å²) in [6.45, 7) is 20.7. The number of hydrogen-bond donors (Lipinski definition) is 0. The van der Waals surface area contributed by atoms with E-state index in [2.05, 4.69) is 54.3 Å². The molecule has 224 valence electrons. The highest BCUT2D eigenvalue weighted by atomic mass is 28.4. The monoisotopic (exact) mass is 580 g/mol. The number of rotatable bonds is 11. The van der Waals surface area contributed by atoms with E-state index >= 15 is 0 Å². The van der Waals surface area contributed by atoms with Gasteiger partial charge in [0.1, 0.15) is 22.8 Å². The Balaban J connectivity index is 1.79. The van der Waals surface area contributed by atoms with E-state index in [-0.39, 0.29) is 36.6 Å². The second-order valence-corrected chi connectivity index (χ2v) is 17.8. The summed E-state index contributed by atoms with van der Waals surface area (Å²) >= 11 is 0. The standard InChI is InChI=1S/C34H48O6Si/c1-22(2)26-19-29(40-41(9,10)34(4,5)6)23(3)15-27(26)33-31(37-20-35-7)17-25(18-32(33)38-21-36-8)30-16-24-13-11-12-14-28(24)39-30/h11-14,16-18,23,26-27,29H,1,15,19-21H2,2-10H3/t23-,26-,27+,29-/m1/s1. The lowest BCUT2D eigenvalue weighted by atomic mass is 9.67. The fraction of sp³-hybridized carbons (Fsp3) is 0.529. The van der Waals surface area contributed by atoms with E-state index in [1.165, 1.54) is 0 Å². The molecule has 0 bridgehead atoms. The number of hydrogen-bond acceptors (Lipinski definition) is 6. The Morgan fingerprint density at radius 3 is 2.12 bits per heavy atom. The van der Waals surface area contributed by atoms with Crippen molar-refractivity contribution in [3.63, 3.8) is 0 Å². The molecule has 0 amide bonds. The molecular weight excluding hydrogens is 532 g/mol. The molecular formula is C34H48O6Si. The van der Waals surface area contributed by atoms with Crippen molar-refractivity contribution in [3.8, 4) is 22.8 Å². The Hall–Kier alpha value is -2.58. The third-order valence-electron chi connectivity index (χ3n) is 8.97. The number of fused-ring (bicyclic) bond motifs is 1. The second kappa shape index (κ2) is 12.7. The van der Waals surface area contributed by atoms with E-state index in [4.69, 9.17) is 27.8 Å². The molecule has 0 radical (unpaired) electrons. The van der Waals surface area contributed by atoms with Crippen LogP contribution >= 0.6 is 0 Å². The van der Waals surface area contributed by atoms with E-state index in [9.17, 15) is 0 Å². The van der Waals surface area contributed by atoms with Crippen LogP contribution < -0.4 is 9.47 Å². The molecule has 0 N–H and O–H groups in total. The van der Waals surface area contributed by atoms with Crippen molar-refractivity contribution in [1.29, 1.82) is 0 Å². The maximum atomic E-state index is 7.00. The van der Waals surface area contributed by atoms with Gasteiger partial charge in [0.15, 0.2) is 21.9 Å². The summed E-state index contributed by atoms with van der Waals surface area (Å²) in [6.07, 6.45) is 2.01. The van der Waals surface area contributed by atoms with Crippen LogP contribution in [0.15, 0.2) is 59.0 Å². The number of para-hydroxylation sites is 1. The first-order valence-corrected chi connectivity index (χ1v) is 17.5. The minimum atomic E-state index is -1.94. The van der Waals surface area contributed by atoms with Crippen molar-refractivity contribution < 1.29 is 27.8 Å². The zero-order valence-corrected chi connectivity index (χ0v) is 27.3. The van der Waals surface area contributed by atoms with Crippen molar-refractivity contribution in [3.05, 3.63) is 60.2 Å². The number of methoxy groups -OCH3 is 2. The summed E-state index contributed by atoms with van der Waals surface area (Å²) in [6, 6.07) is 14.1. The first-order valence-electron chi connectivity index (χ1n) is 14.6. The Morgan fingerprint density at radius 2 is 1.59 bits per heavy atom. The van der Waals surface area contributed by atoms with E-state index in [0.29, 0.717) is 5.92 Å². The first-order chi connectivity index (χ1) is 19.4. The van der Waals surface area contributed by atoms with Crippen molar-refractivity contribution >= 4 is 19.3 Å². The molecule has 0 unspecified atom stereocenters. The van der Waals surface area contributed by atoms with Gasteiger partial charge < -0.3 is 27.8 Å². The van der Waals surface area contributed by atoms with Crippen LogP contribution in [0.1, 0.15) is 58.9 Å². The van der Waals surface area contributed by atoms with Crippen molar-refractivity contribution in [2.75, 3.05) is 27.8 Å². The minimum absolute atomic E-state index is 0.122. The Bertz CT molecular complexity index is 1270. The molecule has 41 heavy (non-hydrogen) atoms. The molecule has 7 heteroatoms. The quantitative estimate of drug-likeness (QED) is 0.128. The van der Waals surface area contributed by atoms with Gasteiger partial charge in [-0.05, 0) is 79.9 Å². The minimum Gasteiger partial charge on any atom is -0.467 e. The predicted molar refractivity (Wildman–Crippen MR) is 168 cm³/mol. The average molecular weight is 581 g/mol. The van der Waals surface area contributed by atoms with Gasteiger partial charge in [0.05, 0.1) is 0 Å². The summed E-state index contributed by atoms with van der Waals surface area (Å²) in [5.74, 6) is 2.88. The van der Waals surface area contributed by atoms with Crippen molar-refractivity contribution in [2.45, 2.75) is 77.6 Å². The SMILES string of the molecule is C=C(C)[C@H]1C[C@@H](O[Si](C)(C)C(C)(C)C)[C@H](C)C[C@@H]1c1c(OCOC)cc(-c2cc3ccccc3o2)cc1OCOC. The van der Waals surface area contributed by atoms with E-state index < -0.39 is 8.32 Å². The Kier molecular flexibility index (Phi) is 9.74. The van der Waals surface area contributed by atoms with Gasteiger partial charge in [-0.15, -0.1) is 0 Å². The molecule has 1 saturated carbocycles. The molecule has 0 aliphatic heterocycles. The Morgan fingerprint density at radius 1 is 0.976 bits per heavy atom. The average Bonchev–Trinajstić information content (AvgIpc) is 3.35. The maximum Gasteiger partial charge on any atom is 0.192 e. The molecule has 1 fully saturated rings. The first kappa shape index (κ1) is 31.4. The normalized spacial score (nSPS) is 21.7. The molecule has 0 saturated heterocycles. The molecule has 2 aromatic carbocycles. The van der Waals surface area contributed by atoms with Crippen LogP contribution in [0, 0.1) is 11.8 Å². The highest BCUT2D eigenvalue weighted by Gasteiger charge is 2.45. The number of ether oxygens (including phenoxy) is 4. The predicted octanol–water partition coefficient (Wildman–Crippen LogP) is 9.16. The summed E-state index contributed by atoms with van der Waals surface area (Å²) in [7, 11) is 1.33. The van der Waals surface area contributed by atoms with Gasteiger partial charge >= 0.3 is 0 Å². The second-order valence-electron chi connectivity index (χ2n) is 13.1. The van der Waals surface area contributed by atoms with Gasteiger partial charge in [0.2, 0.25) is 0 Å². The topological polar surface area (TPSA) is 59.3 Å². The molecule has 1 heterocycles. The smallest absolute Gasteiger partial charge is 0.192 e. The summed E-state index contributed by atoms with van der Waals surface area (Å²) in [5.41, 5.74) is 3.87. The Labute approximate surface area is 247 Å². The zero-order chi connectivity index (χ0) is 29.9. The van der Waals surface area contributed by atoms with Crippen LogP contribution in [-0.2, 0) is 13.9 Å². The number of benzene rings is 2. The lowest BCUT2D eigenvalue weighted by molar-refractivity contribution is 0.0375. The largest absolute Gasteiger partial charge is 0.467 e. The van der Waals surface area contributed by atoms with Crippen LogP contribution in [-0.4, -0.2) is 42.2 Å². The number of furan rings is 1. The van der Waals surface area contributed by atoms with Crippen LogP contribution in [0.4, 0.5) is 0 Å². The molecule has 4 atom stereocenters. The molecule has 3 aromatic rings. The van der Waals surface area contributed by atoms with Gasteiger partial charge in [-0.1, -0.05) is 58.0 Å². The summed E-state index contributed by atoms with van der Waals surface area (Å²) in [4.78, 5) is 0. The fourth-order valence-electron chi connectivity index (χ4n) is 5.66. The maximum absolute atomic E-state index is 7.00. The number of allylic oxidation sites excluding steroid dienone is 1. The van der Waals surface area contributed by atoms with Crippen LogP contribution in [0.5, 0.6) is 11.5 Å². The highest BCUT2D eigenvalue weighted by molar-refractivity contribution is 6.74. The van der Waals surface area contributed by atoms with Crippen LogP contribution in [0.3, 0.4) is 0 Å². The van der Waals surface area contributed by atoms with Crippen molar-refractivity contribution in [1.82, 2.24) is 0 Å². The van der Waals surface area contributed by atoms with Gasteiger partial charge in [-0.25, -0.2) is 0 Å². The molecule has 1 aliphatic carbocycles. The fourth-order valence-corrected chi connectivity index (χ4v) is 7.10. The van der Waals surface area contributed by atoms with Gasteiger partial charge in [-0.3, -0.25) is 0 Å². The van der Waals surface area contributed by atoms with Crippen molar-refractivity contribution in [2.24, 2.45) is 11.8 Å². The van der Waals surface area contributed by atoms with Gasteiger partial charge in [0.25, 0.3) is 0 Å². The van der Waals surface area contributed by atoms with Gasteiger partial charge in [-0.2, -0.15) is 0 Å². The van der Waals surface area contributed by atoms with Gasteiger partial charge in [0, 0.05) is 36.8 Å². The third kappa shape index (κ3) is 6.91. The summed E-state index contributed by atoms with van der Waals surface area (Å²) in [5, 5.41) is 1.19. The van der Waals surface area contributed by atoms with E-state index in [1.807, 2.05) is 42.5 Å².